The summed E-state index contributed by atoms with van der Waals surface area (Å²) in [6.45, 7) is 1.93. The Morgan fingerprint density at radius 3 is 2.83 bits per heavy atom. The van der Waals surface area contributed by atoms with Crippen molar-refractivity contribution in [2.45, 2.75) is 18.8 Å². The van der Waals surface area contributed by atoms with Gasteiger partial charge in [-0.3, -0.25) is 9.78 Å². The molecule has 0 aliphatic carbocycles. The van der Waals surface area contributed by atoms with Gasteiger partial charge in [-0.2, -0.15) is 15.4 Å². The standard InChI is InChI=1S/C17H18N6O/c24-17(20-12-3-4-14-15(10-12)22-23-21-14)13-2-1-7-19-16(13)11-5-8-18-9-6-11/h1-4,7,10-11,18H,5-6,8-9H2,(H,20,24)(H,21,22,23). The summed E-state index contributed by atoms with van der Waals surface area (Å²) < 4.78 is 0. The van der Waals surface area contributed by atoms with Crippen LogP contribution in [0.15, 0.2) is 36.5 Å². The largest absolute Gasteiger partial charge is 0.322 e. The van der Waals surface area contributed by atoms with Crippen molar-refractivity contribution in [3.63, 3.8) is 0 Å². The number of amides is 1. The van der Waals surface area contributed by atoms with Crippen LogP contribution in [0.1, 0.15) is 34.8 Å². The molecule has 122 valence electrons. The molecule has 3 aromatic rings. The highest BCUT2D eigenvalue weighted by molar-refractivity contribution is 6.05. The molecule has 0 spiro atoms. The van der Waals surface area contributed by atoms with Gasteiger partial charge in [-0.25, -0.2) is 0 Å². The zero-order chi connectivity index (χ0) is 16.4. The Morgan fingerprint density at radius 2 is 1.96 bits per heavy atom. The van der Waals surface area contributed by atoms with Gasteiger partial charge in [0.2, 0.25) is 0 Å². The Bertz CT molecular complexity index is 868. The third-order valence-electron chi connectivity index (χ3n) is 4.38. The van der Waals surface area contributed by atoms with E-state index in [-0.39, 0.29) is 5.91 Å². The lowest BCUT2D eigenvalue weighted by Crippen LogP contribution is -2.28. The van der Waals surface area contributed by atoms with Crippen LogP contribution in [0.4, 0.5) is 5.69 Å². The molecule has 3 heterocycles. The second-order valence-corrected chi connectivity index (χ2v) is 5.94. The summed E-state index contributed by atoms with van der Waals surface area (Å²) in [6.07, 6.45) is 3.76. The molecular weight excluding hydrogens is 304 g/mol. The molecule has 1 fully saturated rings. The SMILES string of the molecule is O=C(Nc1ccc2n[nH]nc2c1)c1cccnc1C1CCNCC1. The molecule has 1 aliphatic heterocycles. The molecular formula is C17H18N6O. The Kier molecular flexibility index (Phi) is 3.92. The van der Waals surface area contributed by atoms with Gasteiger partial charge >= 0.3 is 0 Å². The first-order valence-corrected chi connectivity index (χ1v) is 8.09. The third kappa shape index (κ3) is 2.85. The summed E-state index contributed by atoms with van der Waals surface area (Å²) in [6, 6.07) is 9.10. The average Bonchev–Trinajstić information content (AvgIpc) is 3.10. The van der Waals surface area contributed by atoms with Crippen LogP contribution in [0.2, 0.25) is 0 Å². The lowest BCUT2D eigenvalue weighted by atomic mass is 9.91. The predicted molar refractivity (Wildman–Crippen MR) is 90.9 cm³/mol. The Hall–Kier alpha value is -2.80. The monoisotopic (exact) mass is 322 g/mol. The maximum atomic E-state index is 12.7. The first-order valence-electron chi connectivity index (χ1n) is 8.09. The van der Waals surface area contributed by atoms with Crippen LogP contribution in [-0.4, -0.2) is 39.4 Å². The number of anilines is 1. The molecule has 1 amide bonds. The van der Waals surface area contributed by atoms with Gasteiger partial charge in [0.1, 0.15) is 11.0 Å². The first-order chi connectivity index (χ1) is 11.8. The van der Waals surface area contributed by atoms with Gasteiger partial charge in [-0.15, -0.1) is 0 Å². The fourth-order valence-corrected chi connectivity index (χ4v) is 3.15. The van der Waals surface area contributed by atoms with Crippen molar-refractivity contribution in [2.24, 2.45) is 0 Å². The Labute approximate surface area is 138 Å². The minimum Gasteiger partial charge on any atom is -0.322 e. The summed E-state index contributed by atoms with van der Waals surface area (Å²) in [5.41, 5.74) is 3.72. The zero-order valence-corrected chi connectivity index (χ0v) is 13.1. The third-order valence-corrected chi connectivity index (χ3v) is 4.38. The van der Waals surface area contributed by atoms with Crippen LogP contribution < -0.4 is 10.6 Å². The normalized spacial score (nSPS) is 15.5. The molecule has 7 heteroatoms. The van der Waals surface area contributed by atoms with E-state index in [0.29, 0.717) is 17.2 Å². The number of aromatic amines is 1. The fourth-order valence-electron chi connectivity index (χ4n) is 3.15. The first kappa shape index (κ1) is 14.8. The average molecular weight is 322 g/mol. The van der Waals surface area contributed by atoms with Crippen molar-refractivity contribution in [3.8, 4) is 0 Å². The number of hydrogen-bond acceptors (Lipinski definition) is 5. The van der Waals surface area contributed by atoms with Gasteiger partial charge < -0.3 is 10.6 Å². The second kappa shape index (κ2) is 6.37. The highest BCUT2D eigenvalue weighted by Gasteiger charge is 2.22. The van der Waals surface area contributed by atoms with Gasteiger partial charge in [-0.1, -0.05) is 0 Å². The van der Waals surface area contributed by atoms with E-state index in [9.17, 15) is 4.79 Å². The van der Waals surface area contributed by atoms with Gasteiger partial charge in [0.05, 0.1) is 11.3 Å². The topological polar surface area (TPSA) is 95.6 Å². The molecule has 0 atom stereocenters. The number of nitrogens with one attached hydrogen (secondary N) is 3. The molecule has 7 nitrogen and oxygen atoms in total. The number of pyridine rings is 1. The molecule has 0 unspecified atom stereocenters. The van der Waals surface area contributed by atoms with E-state index in [0.717, 1.165) is 42.7 Å². The Balaban J connectivity index is 1.59. The summed E-state index contributed by atoms with van der Waals surface area (Å²) in [4.78, 5) is 17.2. The summed E-state index contributed by atoms with van der Waals surface area (Å²) >= 11 is 0. The van der Waals surface area contributed by atoms with Crippen LogP contribution in [0.3, 0.4) is 0 Å². The number of carbonyl (C=O) groups excluding carboxylic acids is 1. The van der Waals surface area contributed by atoms with E-state index < -0.39 is 0 Å². The van der Waals surface area contributed by atoms with Gasteiger partial charge in [0.25, 0.3) is 5.91 Å². The quantitative estimate of drug-likeness (QED) is 0.686. The summed E-state index contributed by atoms with van der Waals surface area (Å²) in [5, 5.41) is 16.9. The molecule has 1 aliphatic rings. The van der Waals surface area contributed by atoms with Crippen molar-refractivity contribution in [3.05, 3.63) is 47.8 Å². The van der Waals surface area contributed by atoms with E-state index >= 15 is 0 Å². The lowest BCUT2D eigenvalue weighted by molar-refractivity contribution is 0.102. The van der Waals surface area contributed by atoms with Crippen LogP contribution in [0.5, 0.6) is 0 Å². The molecule has 24 heavy (non-hydrogen) atoms. The maximum Gasteiger partial charge on any atom is 0.257 e. The molecule has 2 aromatic heterocycles. The van der Waals surface area contributed by atoms with Crippen molar-refractivity contribution >= 4 is 22.6 Å². The van der Waals surface area contributed by atoms with E-state index in [4.69, 9.17) is 0 Å². The lowest BCUT2D eigenvalue weighted by Gasteiger charge is -2.23. The van der Waals surface area contributed by atoms with Crippen LogP contribution in [0, 0.1) is 0 Å². The number of benzene rings is 1. The number of fused-ring (bicyclic) bond motifs is 1. The molecule has 0 bridgehead atoms. The van der Waals surface area contributed by atoms with Crippen LogP contribution >= 0.6 is 0 Å². The summed E-state index contributed by atoms with van der Waals surface area (Å²) in [5.74, 6) is 0.186. The zero-order valence-electron chi connectivity index (χ0n) is 13.1. The van der Waals surface area contributed by atoms with Crippen molar-refractivity contribution in [2.75, 3.05) is 18.4 Å². The molecule has 0 saturated carbocycles. The van der Waals surface area contributed by atoms with Crippen molar-refractivity contribution in [1.29, 1.82) is 0 Å². The van der Waals surface area contributed by atoms with Gasteiger partial charge in [0, 0.05) is 17.8 Å². The molecule has 0 radical (unpaired) electrons. The summed E-state index contributed by atoms with van der Waals surface area (Å²) in [7, 11) is 0. The predicted octanol–water partition coefficient (Wildman–Crippen LogP) is 2.07. The molecule has 1 saturated heterocycles. The Morgan fingerprint density at radius 1 is 1.12 bits per heavy atom. The second-order valence-electron chi connectivity index (χ2n) is 5.94. The van der Waals surface area contributed by atoms with Gasteiger partial charge in [-0.05, 0) is 56.3 Å². The number of H-pyrrole nitrogens is 1. The van der Waals surface area contributed by atoms with E-state index in [1.807, 2.05) is 18.2 Å². The number of hydrogen-bond donors (Lipinski definition) is 3. The van der Waals surface area contributed by atoms with Crippen molar-refractivity contribution < 1.29 is 4.79 Å². The molecule has 3 N–H and O–H groups in total. The minimum absolute atomic E-state index is 0.139. The fraction of sp³-hybridized carbons (Fsp3) is 0.294. The highest BCUT2D eigenvalue weighted by atomic mass is 16.1. The number of piperidine rings is 1. The van der Waals surface area contributed by atoms with Gasteiger partial charge in [0.15, 0.2) is 0 Å². The van der Waals surface area contributed by atoms with Crippen molar-refractivity contribution in [1.82, 2.24) is 25.7 Å². The minimum atomic E-state index is -0.139. The number of nitrogens with zero attached hydrogens (tertiary/aromatic N) is 3. The highest BCUT2D eigenvalue weighted by Crippen LogP contribution is 2.27. The van der Waals surface area contributed by atoms with E-state index in [2.05, 4.69) is 31.0 Å². The maximum absolute atomic E-state index is 12.7. The molecule has 1 aromatic carbocycles. The van der Waals surface area contributed by atoms with Crippen LogP contribution in [-0.2, 0) is 0 Å². The van der Waals surface area contributed by atoms with E-state index in [1.165, 1.54) is 0 Å². The number of aromatic nitrogens is 4. The van der Waals surface area contributed by atoms with E-state index in [1.54, 1.807) is 18.3 Å². The van der Waals surface area contributed by atoms with Crippen LogP contribution in [0.25, 0.3) is 11.0 Å². The smallest absolute Gasteiger partial charge is 0.257 e. The molecule has 4 rings (SSSR count). The number of carbonyl (C=O) groups is 1. The number of rotatable bonds is 3.